The number of ketones is 1. The second kappa shape index (κ2) is 4.18. The fraction of sp³-hybridized carbons (Fsp3) is 0.500. The van der Waals surface area contributed by atoms with E-state index in [4.69, 9.17) is 0 Å². The molecule has 0 aliphatic carbocycles. The van der Waals surface area contributed by atoms with Gasteiger partial charge in [0, 0.05) is 11.5 Å². The monoisotopic (exact) mass is 204 g/mol. The van der Waals surface area contributed by atoms with Crippen LogP contribution in [-0.2, 0) is 5.41 Å². The van der Waals surface area contributed by atoms with E-state index in [1.54, 1.807) is 0 Å². The molecule has 0 bridgehead atoms. The molecule has 1 nitrogen and oxygen atoms in total. The Labute approximate surface area is 92.5 Å². The molecular formula is C14H20O. The van der Waals surface area contributed by atoms with Crippen LogP contribution in [0.3, 0.4) is 0 Å². The highest BCUT2D eigenvalue weighted by Crippen LogP contribution is 2.22. The van der Waals surface area contributed by atoms with Gasteiger partial charge in [-0.05, 0) is 11.0 Å². The average Bonchev–Trinajstić information content (AvgIpc) is 2.15. The van der Waals surface area contributed by atoms with Crippen molar-refractivity contribution in [3.05, 3.63) is 35.4 Å². The molecule has 0 aliphatic rings. The Morgan fingerprint density at radius 3 is 1.87 bits per heavy atom. The van der Waals surface area contributed by atoms with E-state index in [0.29, 0.717) is 0 Å². The third-order valence-corrected chi connectivity index (χ3v) is 2.56. The number of Topliss-reactive ketones (excluding diaryl/α,β-unsaturated/α-hetero) is 1. The molecule has 15 heavy (non-hydrogen) atoms. The van der Waals surface area contributed by atoms with Crippen molar-refractivity contribution in [2.75, 3.05) is 0 Å². The van der Waals surface area contributed by atoms with Gasteiger partial charge in [-0.15, -0.1) is 0 Å². The highest BCUT2D eigenvalue weighted by Gasteiger charge is 2.15. The number of carbonyl (C=O) groups excluding carboxylic acids is 1. The quantitative estimate of drug-likeness (QED) is 0.669. The first kappa shape index (κ1) is 12.0. The molecule has 1 heteroatoms. The van der Waals surface area contributed by atoms with Crippen molar-refractivity contribution in [2.45, 2.75) is 40.0 Å². The van der Waals surface area contributed by atoms with Gasteiger partial charge in [0.1, 0.15) is 0 Å². The van der Waals surface area contributed by atoms with Gasteiger partial charge in [0.25, 0.3) is 0 Å². The van der Waals surface area contributed by atoms with Crippen LogP contribution < -0.4 is 0 Å². The summed E-state index contributed by atoms with van der Waals surface area (Å²) in [6.45, 7) is 10.4. The van der Waals surface area contributed by atoms with E-state index in [2.05, 4.69) is 32.9 Å². The molecule has 0 atom stereocenters. The molecular weight excluding hydrogens is 184 g/mol. The number of rotatable bonds is 2. The van der Waals surface area contributed by atoms with Crippen LogP contribution in [0.4, 0.5) is 0 Å². The van der Waals surface area contributed by atoms with E-state index < -0.39 is 0 Å². The molecule has 0 saturated heterocycles. The van der Waals surface area contributed by atoms with E-state index >= 15 is 0 Å². The molecule has 1 aromatic carbocycles. The number of hydrogen-bond acceptors (Lipinski definition) is 1. The lowest BCUT2D eigenvalue weighted by Crippen LogP contribution is -2.12. The summed E-state index contributed by atoms with van der Waals surface area (Å²) < 4.78 is 0. The summed E-state index contributed by atoms with van der Waals surface area (Å²) in [5.74, 6) is 0.293. The van der Waals surface area contributed by atoms with Crippen molar-refractivity contribution < 1.29 is 4.79 Å². The van der Waals surface area contributed by atoms with Crippen LogP contribution in [0, 0.1) is 5.92 Å². The molecule has 1 rings (SSSR count). The van der Waals surface area contributed by atoms with Gasteiger partial charge in [-0.2, -0.15) is 0 Å². The summed E-state index contributed by atoms with van der Waals surface area (Å²) >= 11 is 0. The Bertz CT molecular complexity index is 339. The van der Waals surface area contributed by atoms with Gasteiger partial charge in [0.2, 0.25) is 0 Å². The number of carbonyl (C=O) groups is 1. The maximum atomic E-state index is 11.7. The maximum Gasteiger partial charge on any atom is 0.165 e. The minimum absolute atomic E-state index is 0.0745. The fourth-order valence-corrected chi connectivity index (χ4v) is 1.47. The average molecular weight is 204 g/mol. The summed E-state index contributed by atoms with van der Waals surface area (Å²) in [6, 6.07) is 7.97. The first-order valence-corrected chi connectivity index (χ1v) is 5.47. The smallest absolute Gasteiger partial charge is 0.165 e. The van der Waals surface area contributed by atoms with Gasteiger partial charge in [0.05, 0.1) is 0 Å². The third-order valence-electron chi connectivity index (χ3n) is 2.56. The summed E-state index contributed by atoms with van der Waals surface area (Å²) in [5.41, 5.74) is 2.24. The highest BCUT2D eigenvalue weighted by atomic mass is 16.1. The number of hydrogen-bond donors (Lipinski definition) is 0. The molecule has 0 fully saturated rings. The predicted octanol–water partition coefficient (Wildman–Crippen LogP) is 3.82. The predicted molar refractivity (Wildman–Crippen MR) is 64.3 cm³/mol. The van der Waals surface area contributed by atoms with Crippen LogP contribution >= 0.6 is 0 Å². The second-order valence-electron chi connectivity index (χ2n) is 5.35. The normalized spacial score (nSPS) is 11.9. The lowest BCUT2D eigenvalue weighted by molar-refractivity contribution is 0.0939. The molecule has 0 heterocycles. The SMILES string of the molecule is CC(C)C(=O)c1ccc(C(C)(C)C)cc1. The van der Waals surface area contributed by atoms with Gasteiger partial charge in [-0.1, -0.05) is 58.9 Å². The van der Waals surface area contributed by atoms with Crippen molar-refractivity contribution in [3.63, 3.8) is 0 Å². The topological polar surface area (TPSA) is 17.1 Å². The summed E-state index contributed by atoms with van der Waals surface area (Å²) in [5, 5.41) is 0. The molecule has 82 valence electrons. The van der Waals surface area contributed by atoms with Crippen molar-refractivity contribution in [2.24, 2.45) is 5.92 Å². The van der Waals surface area contributed by atoms with Gasteiger partial charge < -0.3 is 0 Å². The van der Waals surface area contributed by atoms with Crippen LogP contribution in [0.5, 0.6) is 0 Å². The first-order chi connectivity index (χ1) is 6.82. The van der Waals surface area contributed by atoms with Crippen LogP contribution in [-0.4, -0.2) is 5.78 Å². The van der Waals surface area contributed by atoms with Gasteiger partial charge >= 0.3 is 0 Å². The highest BCUT2D eigenvalue weighted by molar-refractivity contribution is 5.97. The maximum absolute atomic E-state index is 11.7. The fourth-order valence-electron chi connectivity index (χ4n) is 1.47. The zero-order valence-electron chi connectivity index (χ0n) is 10.3. The summed E-state index contributed by atoms with van der Waals surface area (Å²) in [4.78, 5) is 11.7. The lowest BCUT2D eigenvalue weighted by Gasteiger charge is -2.19. The molecule has 0 unspecified atom stereocenters. The molecule has 1 aromatic rings. The molecule has 0 radical (unpaired) electrons. The van der Waals surface area contributed by atoms with Crippen molar-refractivity contribution >= 4 is 5.78 Å². The summed E-state index contributed by atoms with van der Waals surface area (Å²) in [6.07, 6.45) is 0. The third kappa shape index (κ3) is 2.92. The van der Waals surface area contributed by atoms with Gasteiger partial charge in [0.15, 0.2) is 5.78 Å². The molecule has 0 amide bonds. The van der Waals surface area contributed by atoms with Crippen molar-refractivity contribution in [3.8, 4) is 0 Å². The zero-order chi connectivity index (χ0) is 11.6. The Morgan fingerprint density at radius 2 is 1.53 bits per heavy atom. The molecule has 0 saturated carbocycles. The van der Waals surface area contributed by atoms with Crippen LogP contribution in [0.25, 0.3) is 0 Å². The molecule has 0 N–H and O–H groups in total. The molecule has 0 aromatic heterocycles. The zero-order valence-corrected chi connectivity index (χ0v) is 10.3. The van der Waals surface area contributed by atoms with Crippen LogP contribution in [0.1, 0.15) is 50.5 Å². The lowest BCUT2D eigenvalue weighted by atomic mass is 9.86. The van der Waals surface area contributed by atoms with Gasteiger partial charge in [-0.3, -0.25) is 4.79 Å². The van der Waals surface area contributed by atoms with E-state index in [0.717, 1.165) is 5.56 Å². The van der Waals surface area contributed by atoms with Crippen molar-refractivity contribution in [1.29, 1.82) is 0 Å². The van der Waals surface area contributed by atoms with Crippen LogP contribution in [0.15, 0.2) is 24.3 Å². The Morgan fingerprint density at radius 1 is 1.07 bits per heavy atom. The van der Waals surface area contributed by atoms with E-state index in [9.17, 15) is 4.79 Å². The Balaban J connectivity index is 2.96. The second-order valence-corrected chi connectivity index (χ2v) is 5.35. The van der Waals surface area contributed by atoms with Crippen molar-refractivity contribution in [1.82, 2.24) is 0 Å². The van der Waals surface area contributed by atoms with E-state index in [-0.39, 0.29) is 17.1 Å². The summed E-state index contributed by atoms with van der Waals surface area (Å²) in [7, 11) is 0. The standard InChI is InChI=1S/C14H20O/c1-10(2)13(15)11-6-8-12(9-7-11)14(3,4)5/h6-10H,1-5H3. The van der Waals surface area contributed by atoms with Crippen LogP contribution in [0.2, 0.25) is 0 Å². The largest absolute Gasteiger partial charge is 0.294 e. The molecule has 0 spiro atoms. The van der Waals surface area contributed by atoms with E-state index in [1.165, 1.54) is 5.56 Å². The number of benzene rings is 1. The van der Waals surface area contributed by atoms with E-state index in [1.807, 2.05) is 26.0 Å². The minimum atomic E-state index is 0.0745. The Kier molecular flexibility index (Phi) is 3.33. The minimum Gasteiger partial charge on any atom is -0.294 e. The molecule has 0 aliphatic heterocycles. The first-order valence-electron chi connectivity index (χ1n) is 5.47. The Hall–Kier alpha value is -1.11. The van der Waals surface area contributed by atoms with Gasteiger partial charge in [-0.25, -0.2) is 0 Å².